The highest BCUT2D eigenvalue weighted by Crippen LogP contribution is 1.99. The van der Waals surface area contributed by atoms with Gasteiger partial charge in [0, 0.05) is 19.4 Å². The molecule has 7 nitrogen and oxygen atoms in total. The lowest BCUT2D eigenvalue weighted by Crippen LogP contribution is -2.25. The molecule has 7 heteroatoms. The van der Waals surface area contributed by atoms with Crippen LogP contribution in [0.25, 0.3) is 0 Å². The second-order valence-corrected chi connectivity index (χ2v) is 3.02. The molecule has 0 saturated heterocycles. The van der Waals surface area contributed by atoms with E-state index in [4.69, 9.17) is 0 Å². The zero-order valence-corrected chi connectivity index (χ0v) is 8.38. The average Bonchev–Trinajstić information content (AvgIpc) is 2.78. The van der Waals surface area contributed by atoms with Gasteiger partial charge in [-0.25, -0.2) is 9.97 Å². The van der Waals surface area contributed by atoms with Gasteiger partial charge in [0.05, 0.1) is 0 Å². The Hall–Kier alpha value is -2.44. The molecular weight excluding hydrogens is 212 g/mol. The van der Waals surface area contributed by atoms with Gasteiger partial charge in [-0.05, 0) is 0 Å². The number of carbonyl (C=O) groups excluding carboxylic acids is 1. The minimum absolute atomic E-state index is 0.0435. The van der Waals surface area contributed by atoms with E-state index in [9.17, 15) is 9.59 Å². The fourth-order valence-corrected chi connectivity index (χ4v) is 1.08. The number of nitrogens with zero attached hydrogens (tertiary/aromatic N) is 3. The largest absolute Gasteiger partial charge is 0.451 e. The minimum Gasteiger partial charge on any atom is -0.451 e. The first kappa shape index (κ1) is 10.1. The fraction of sp³-hybridized carbons (Fsp3) is 0.111. The summed E-state index contributed by atoms with van der Waals surface area (Å²) in [5.74, 6) is -0.581. The van der Waals surface area contributed by atoms with Gasteiger partial charge < -0.3 is 14.3 Å². The maximum Gasteiger partial charge on any atom is 0.293 e. The van der Waals surface area contributed by atoms with E-state index < -0.39 is 5.91 Å². The van der Waals surface area contributed by atoms with Crippen molar-refractivity contribution in [2.75, 3.05) is 5.32 Å². The number of anilines is 1. The van der Waals surface area contributed by atoms with Gasteiger partial charge in [-0.3, -0.25) is 9.59 Å². The van der Waals surface area contributed by atoms with E-state index in [1.165, 1.54) is 23.2 Å². The zero-order valence-electron chi connectivity index (χ0n) is 8.38. The highest BCUT2D eigenvalue weighted by Gasteiger charge is 2.12. The van der Waals surface area contributed by atoms with E-state index in [0.717, 1.165) is 6.39 Å². The number of nitrogens with one attached hydrogen (secondary N) is 1. The monoisotopic (exact) mass is 220 g/mol. The summed E-state index contributed by atoms with van der Waals surface area (Å²) in [5, 5.41) is 2.35. The number of hydrogen-bond acceptors (Lipinski definition) is 5. The summed E-state index contributed by atoms with van der Waals surface area (Å²) in [5.41, 5.74) is -0.299. The molecule has 16 heavy (non-hydrogen) atoms. The van der Waals surface area contributed by atoms with Crippen molar-refractivity contribution in [1.29, 1.82) is 0 Å². The van der Waals surface area contributed by atoms with Crippen LogP contribution in [0.3, 0.4) is 0 Å². The molecule has 0 aliphatic rings. The Labute approximate surface area is 89.8 Å². The summed E-state index contributed by atoms with van der Waals surface area (Å²) >= 11 is 0. The molecule has 0 aromatic carbocycles. The smallest absolute Gasteiger partial charge is 0.293 e. The van der Waals surface area contributed by atoms with Crippen molar-refractivity contribution in [2.45, 2.75) is 0 Å². The highest BCUT2D eigenvalue weighted by molar-refractivity contribution is 6.01. The quantitative estimate of drug-likeness (QED) is 0.770. The minimum atomic E-state index is -0.537. The third-order valence-corrected chi connectivity index (χ3v) is 1.91. The number of aromatic nitrogens is 3. The molecule has 2 heterocycles. The van der Waals surface area contributed by atoms with Crippen molar-refractivity contribution < 1.29 is 9.21 Å². The Morgan fingerprint density at radius 2 is 2.31 bits per heavy atom. The van der Waals surface area contributed by atoms with Crippen LogP contribution in [0, 0.1) is 0 Å². The van der Waals surface area contributed by atoms with Crippen molar-refractivity contribution in [3.05, 3.63) is 41.1 Å². The second kappa shape index (κ2) is 3.97. The van der Waals surface area contributed by atoms with Crippen molar-refractivity contribution in [2.24, 2.45) is 7.05 Å². The molecule has 0 aliphatic carbocycles. The highest BCUT2D eigenvalue weighted by atomic mass is 16.3. The van der Waals surface area contributed by atoms with Crippen molar-refractivity contribution in [3.63, 3.8) is 0 Å². The van der Waals surface area contributed by atoms with Gasteiger partial charge in [0.15, 0.2) is 17.9 Å². The van der Waals surface area contributed by atoms with Crippen LogP contribution in [0.15, 0.2) is 34.3 Å². The van der Waals surface area contributed by atoms with Crippen molar-refractivity contribution in [3.8, 4) is 0 Å². The van der Waals surface area contributed by atoms with Crippen LogP contribution in [0.5, 0.6) is 0 Å². The molecule has 1 N–H and O–H groups in total. The van der Waals surface area contributed by atoms with Crippen LogP contribution in [-0.4, -0.2) is 20.4 Å². The second-order valence-electron chi connectivity index (χ2n) is 3.02. The average molecular weight is 220 g/mol. The molecule has 2 aromatic rings. The molecule has 2 aromatic heterocycles. The van der Waals surface area contributed by atoms with E-state index in [-0.39, 0.29) is 17.1 Å². The fourth-order valence-electron chi connectivity index (χ4n) is 1.08. The van der Waals surface area contributed by atoms with Gasteiger partial charge in [0.25, 0.3) is 11.5 Å². The van der Waals surface area contributed by atoms with Crippen molar-refractivity contribution in [1.82, 2.24) is 14.5 Å². The summed E-state index contributed by atoms with van der Waals surface area (Å²) in [6.45, 7) is 0. The van der Waals surface area contributed by atoms with Crippen LogP contribution in [-0.2, 0) is 7.05 Å². The zero-order chi connectivity index (χ0) is 11.5. The van der Waals surface area contributed by atoms with Gasteiger partial charge in [0.1, 0.15) is 6.26 Å². The van der Waals surface area contributed by atoms with E-state index in [2.05, 4.69) is 19.7 Å². The van der Waals surface area contributed by atoms with Crippen LogP contribution in [0.1, 0.15) is 10.5 Å². The molecule has 0 fully saturated rings. The summed E-state index contributed by atoms with van der Waals surface area (Å²) in [4.78, 5) is 30.4. The molecule has 82 valence electrons. The number of amides is 1. The number of hydrogen-bond donors (Lipinski definition) is 1. The normalized spacial score (nSPS) is 10.1. The lowest BCUT2D eigenvalue weighted by Gasteiger charge is -2.02. The molecule has 0 bridgehead atoms. The molecule has 0 atom stereocenters. The van der Waals surface area contributed by atoms with E-state index in [1.807, 2.05) is 0 Å². The first-order chi connectivity index (χ1) is 7.68. The Balaban J connectivity index is 2.25. The van der Waals surface area contributed by atoms with Crippen molar-refractivity contribution >= 4 is 11.7 Å². The number of rotatable bonds is 2. The van der Waals surface area contributed by atoms with E-state index in [1.54, 1.807) is 7.05 Å². The number of aryl methyl sites for hydroxylation is 1. The topological polar surface area (TPSA) is 90.0 Å². The molecule has 0 saturated carbocycles. The lowest BCUT2D eigenvalue weighted by molar-refractivity contribution is 0.102. The van der Waals surface area contributed by atoms with Gasteiger partial charge in [0.2, 0.25) is 0 Å². The molecule has 0 aliphatic heterocycles. The van der Waals surface area contributed by atoms with Gasteiger partial charge in [-0.1, -0.05) is 0 Å². The van der Waals surface area contributed by atoms with Crippen LogP contribution < -0.4 is 10.9 Å². The first-order valence-electron chi connectivity index (χ1n) is 4.39. The van der Waals surface area contributed by atoms with E-state index >= 15 is 0 Å². The third kappa shape index (κ3) is 1.83. The van der Waals surface area contributed by atoms with E-state index in [0.29, 0.717) is 0 Å². The lowest BCUT2D eigenvalue weighted by atomic mass is 10.4. The maximum absolute atomic E-state index is 11.5. The maximum atomic E-state index is 11.5. The first-order valence-corrected chi connectivity index (χ1v) is 4.39. The van der Waals surface area contributed by atoms with Gasteiger partial charge >= 0.3 is 0 Å². The summed E-state index contributed by atoms with van der Waals surface area (Å²) < 4.78 is 5.96. The Bertz CT molecular complexity index is 558. The molecule has 0 radical (unpaired) electrons. The predicted molar refractivity (Wildman–Crippen MR) is 53.9 cm³/mol. The van der Waals surface area contributed by atoms with Crippen LogP contribution in [0.4, 0.5) is 5.82 Å². The predicted octanol–water partition coefficient (Wildman–Crippen LogP) is 0.0206. The van der Waals surface area contributed by atoms with Crippen LogP contribution in [0.2, 0.25) is 0 Å². The summed E-state index contributed by atoms with van der Waals surface area (Å²) in [6.07, 6.45) is 5.22. The standard InChI is InChI=1S/C9H8N4O3/c1-13-3-2-10-7(9(13)15)12-8(14)6-4-16-5-11-6/h2-5H,1H3,(H,10,12,14). The molecule has 2 rings (SSSR count). The van der Waals surface area contributed by atoms with Crippen LogP contribution >= 0.6 is 0 Å². The molecule has 0 spiro atoms. The van der Waals surface area contributed by atoms with Gasteiger partial charge in [-0.2, -0.15) is 0 Å². The Morgan fingerprint density at radius 3 is 3.00 bits per heavy atom. The Kier molecular flexibility index (Phi) is 2.50. The molecule has 1 amide bonds. The number of carbonyl (C=O) groups is 1. The summed E-state index contributed by atoms with van der Waals surface area (Å²) in [6, 6.07) is 0. The van der Waals surface area contributed by atoms with Gasteiger partial charge in [-0.15, -0.1) is 0 Å². The molecule has 0 unspecified atom stereocenters. The number of oxazole rings is 1. The summed E-state index contributed by atoms with van der Waals surface area (Å²) in [7, 11) is 1.57. The molecular formula is C9H8N4O3. The Morgan fingerprint density at radius 1 is 1.50 bits per heavy atom. The third-order valence-electron chi connectivity index (χ3n) is 1.91. The SMILES string of the molecule is Cn1ccnc(NC(=O)c2cocn2)c1=O.